The summed E-state index contributed by atoms with van der Waals surface area (Å²) in [6.45, 7) is 1.86. The van der Waals surface area contributed by atoms with Crippen molar-refractivity contribution in [2.24, 2.45) is 4.99 Å². The number of aromatic nitrogens is 1. The maximum atomic E-state index is 12.4. The van der Waals surface area contributed by atoms with Crippen LogP contribution in [0.3, 0.4) is 0 Å². The van der Waals surface area contributed by atoms with Crippen LogP contribution < -0.4 is 14.8 Å². The van der Waals surface area contributed by atoms with Crippen LogP contribution in [0.25, 0.3) is 6.08 Å². The highest BCUT2D eigenvalue weighted by Gasteiger charge is 2.24. The molecule has 1 N–H and O–H groups in total. The van der Waals surface area contributed by atoms with Gasteiger partial charge in [0.15, 0.2) is 16.7 Å². The fraction of sp³-hybridized carbons (Fsp3) is 0.0870. The van der Waals surface area contributed by atoms with Gasteiger partial charge in [0, 0.05) is 17.2 Å². The number of hydrogen-bond donors (Lipinski definition) is 1. The first-order chi connectivity index (χ1) is 16.3. The van der Waals surface area contributed by atoms with Crippen LogP contribution in [0.5, 0.6) is 17.4 Å². The second-order valence-corrected chi connectivity index (χ2v) is 8.43. The Morgan fingerprint density at radius 2 is 2.03 bits per heavy atom. The van der Waals surface area contributed by atoms with E-state index in [0.29, 0.717) is 37.8 Å². The van der Waals surface area contributed by atoms with Gasteiger partial charge in [-0.3, -0.25) is 14.9 Å². The summed E-state index contributed by atoms with van der Waals surface area (Å²) in [4.78, 5) is 31.6. The SMILES string of the molecule is COc1cc(/C=C2/SC(=Nc3cccc(Cl)c3C)NC2=O)ccc1Oc1ccc([N+](=O)[O-])cn1. The molecule has 3 aromatic rings. The Bertz CT molecular complexity index is 1340. The van der Waals surface area contributed by atoms with Gasteiger partial charge >= 0.3 is 0 Å². The average Bonchev–Trinajstić information content (AvgIpc) is 3.16. The minimum atomic E-state index is -0.539. The summed E-state index contributed by atoms with van der Waals surface area (Å²) in [6, 6.07) is 13.2. The van der Waals surface area contributed by atoms with E-state index in [1.807, 2.05) is 13.0 Å². The maximum absolute atomic E-state index is 12.4. The van der Waals surface area contributed by atoms with Crippen molar-refractivity contribution < 1.29 is 19.2 Å². The number of halogens is 1. The van der Waals surface area contributed by atoms with E-state index in [4.69, 9.17) is 21.1 Å². The summed E-state index contributed by atoms with van der Waals surface area (Å²) in [7, 11) is 1.48. The van der Waals surface area contributed by atoms with Gasteiger partial charge in [-0.25, -0.2) is 9.98 Å². The van der Waals surface area contributed by atoms with E-state index in [1.165, 1.54) is 31.0 Å². The number of methoxy groups -OCH3 is 1. The molecule has 2 heterocycles. The predicted molar refractivity (Wildman–Crippen MR) is 131 cm³/mol. The molecule has 172 valence electrons. The topological polar surface area (TPSA) is 116 Å². The zero-order valence-corrected chi connectivity index (χ0v) is 19.5. The molecule has 1 aliphatic rings. The van der Waals surface area contributed by atoms with Gasteiger partial charge in [0.1, 0.15) is 6.20 Å². The van der Waals surface area contributed by atoms with Crippen molar-refractivity contribution in [2.75, 3.05) is 7.11 Å². The van der Waals surface area contributed by atoms with Gasteiger partial charge in [0.2, 0.25) is 5.88 Å². The fourth-order valence-electron chi connectivity index (χ4n) is 2.97. The summed E-state index contributed by atoms with van der Waals surface area (Å²) < 4.78 is 11.1. The Morgan fingerprint density at radius 1 is 1.21 bits per heavy atom. The van der Waals surface area contributed by atoms with Crippen LogP contribution in [0.2, 0.25) is 5.02 Å². The van der Waals surface area contributed by atoms with E-state index in [-0.39, 0.29) is 17.5 Å². The lowest BCUT2D eigenvalue weighted by Crippen LogP contribution is -2.19. The predicted octanol–water partition coefficient (Wildman–Crippen LogP) is 5.64. The van der Waals surface area contributed by atoms with Crippen molar-refractivity contribution in [3.63, 3.8) is 0 Å². The number of pyridine rings is 1. The number of amides is 1. The van der Waals surface area contributed by atoms with Gasteiger partial charge in [-0.15, -0.1) is 0 Å². The van der Waals surface area contributed by atoms with Crippen molar-refractivity contribution in [3.8, 4) is 17.4 Å². The molecule has 1 amide bonds. The molecule has 0 aliphatic carbocycles. The van der Waals surface area contributed by atoms with E-state index in [2.05, 4.69) is 15.3 Å². The van der Waals surface area contributed by atoms with E-state index in [9.17, 15) is 14.9 Å². The molecular formula is C23H17ClN4O5S. The zero-order valence-electron chi connectivity index (χ0n) is 17.9. The van der Waals surface area contributed by atoms with Crippen molar-refractivity contribution >= 4 is 51.9 Å². The number of nitrogens with zero attached hydrogens (tertiary/aromatic N) is 3. The number of amidine groups is 1. The molecule has 4 rings (SSSR count). The lowest BCUT2D eigenvalue weighted by molar-refractivity contribution is -0.385. The molecule has 0 radical (unpaired) electrons. The van der Waals surface area contributed by atoms with Crippen LogP contribution in [0.1, 0.15) is 11.1 Å². The molecule has 1 aromatic heterocycles. The standard InChI is InChI=1S/C23H17ClN4O5S/c1-13-16(24)4-3-5-17(13)26-23-27-22(29)20(34-23)11-14-6-8-18(19(10-14)32-2)33-21-9-7-15(12-25-21)28(30)31/h3-12H,1-2H3,(H,26,27,29)/b20-11+. The number of rotatable bonds is 6. The van der Waals surface area contributed by atoms with Gasteiger partial charge in [-0.2, -0.15) is 0 Å². The first kappa shape index (κ1) is 23.3. The first-order valence-electron chi connectivity index (χ1n) is 9.85. The zero-order chi connectivity index (χ0) is 24.2. The first-order valence-corrected chi connectivity index (χ1v) is 11.0. The van der Waals surface area contributed by atoms with Gasteiger partial charge in [-0.05, 0) is 60.2 Å². The largest absolute Gasteiger partial charge is 0.493 e. The highest BCUT2D eigenvalue weighted by atomic mass is 35.5. The van der Waals surface area contributed by atoms with Crippen LogP contribution in [0, 0.1) is 17.0 Å². The molecule has 0 spiro atoms. The molecular weight excluding hydrogens is 480 g/mol. The molecule has 34 heavy (non-hydrogen) atoms. The minimum absolute atomic E-state index is 0.137. The molecule has 2 aromatic carbocycles. The number of hydrogen-bond acceptors (Lipinski definition) is 8. The number of carbonyl (C=O) groups excluding carboxylic acids is 1. The molecule has 0 saturated carbocycles. The lowest BCUT2D eigenvalue weighted by Gasteiger charge is -2.10. The van der Waals surface area contributed by atoms with Gasteiger partial charge in [0.05, 0.1) is 22.6 Å². The Hall–Kier alpha value is -3.89. The molecule has 0 unspecified atom stereocenters. The molecule has 0 atom stereocenters. The van der Waals surface area contributed by atoms with E-state index < -0.39 is 4.92 Å². The summed E-state index contributed by atoms with van der Waals surface area (Å²) in [6.07, 6.45) is 2.82. The van der Waals surface area contributed by atoms with Crippen LogP contribution in [0.15, 0.2) is 64.6 Å². The molecule has 1 saturated heterocycles. The monoisotopic (exact) mass is 496 g/mol. The third-order valence-corrected chi connectivity index (χ3v) is 6.06. The smallest absolute Gasteiger partial charge is 0.287 e. The van der Waals surface area contributed by atoms with Crippen molar-refractivity contribution in [1.82, 2.24) is 10.3 Å². The van der Waals surface area contributed by atoms with E-state index in [0.717, 1.165) is 11.8 Å². The Balaban J connectivity index is 1.53. The third kappa shape index (κ3) is 5.19. The molecule has 9 nitrogen and oxygen atoms in total. The summed E-state index contributed by atoms with van der Waals surface area (Å²) in [5.41, 5.74) is 2.08. The van der Waals surface area contributed by atoms with E-state index in [1.54, 1.807) is 36.4 Å². The molecule has 1 aliphatic heterocycles. The Labute approximate surface area is 203 Å². The van der Waals surface area contributed by atoms with Crippen molar-refractivity contribution in [1.29, 1.82) is 0 Å². The molecule has 1 fully saturated rings. The van der Waals surface area contributed by atoms with Crippen molar-refractivity contribution in [2.45, 2.75) is 6.92 Å². The van der Waals surface area contributed by atoms with Crippen LogP contribution >= 0.6 is 23.4 Å². The Morgan fingerprint density at radius 3 is 2.74 bits per heavy atom. The number of thioether (sulfide) groups is 1. The second-order valence-electron chi connectivity index (χ2n) is 6.99. The maximum Gasteiger partial charge on any atom is 0.287 e. The van der Waals surface area contributed by atoms with Gasteiger partial charge in [0.25, 0.3) is 11.6 Å². The number of benzene rings is 2. The van der Waals surface area contributed by atoms with Gasteiger partial charge < -0.3 is 14.8 Å². The summed E-state index contributed by atoms with van der Waals surface area (Å²) in [5, 5.41) is 14.6. The summed E-state index contributed by atoms with van der Waals surface area (Å²) in [5.74, 6) is 0.685. The quantitative estimate of drug-likeness (QED) is 0.266. The number of nitrogens with one attached hydrogen (secondary N) is 1. The molecule has 11 heteroatoms. The molecule has 0 bridgehead atoms. The minimum Gasteiger partial charge on any atom is -0.493 e. The Kier molecular flexibility index (Phi) is 6.80. The van der Waals surface area contributed by atoms with Crippen LogP contribution in [-0.2, 0) is 4.79 Å². The number of nitro groups is 1. The number of carbonyl (C=O) groups is 1. The van der Waals surface area contributed by atoms with Crippen LogP contribution in [0.4, 0.5) is 11.4 Å². The van der Waals surface area contributed by atoms with Crippen molar-refractivity contribution in [3.05, 3.63) is 85.9 Å². The number of aliphatic imine (C=N–C) groups is 1. The average molecular weight is 497 g/mol. The van der Waals surface area contributed by atoms with Crippen LogP contribution in [-0.4, -0.2) is 28.1 Å². The fourth-order valence-corrected chi connectivity index (χ4v) is 3.97. The highest BCUT2D eigenvalue weighted by molar-refractivity contribution is 8.18. The third-order valence-electron chi connectivity index (χ3n) is 4.74. The number of ether oxygens (including phenoxy) is 2. The second kappa shape index (κ2) is 9.94. The lowest BCUT2D eigenvalue weighted by atomic mass is 10.2. The normalized spacial score (nSPS) is 15.4. The highest BCUT2D eigenvalue weighted by Crippen LogP contribution is 2.35. The summed E-state index contributed by atoms with van der Waals surface area (Å²) >= 11 is 7.37. The van der Waals surface area contributed by atoms with Gasteiger partial charge in [-0.1, -0.05) is 23.7 Å². The van der Waals surface area contributed by atoms with E-state index >= 15 is 0 Å².